The average molecular weight is 323 g/mol. The third-order valence-electron chi connectivity index (χ3n) is 3.32. The molecule has 112 valence electrons. The SMILES string of the molecule is NCCCN(Cc1ccccc1)Cc1ccc(Cl)c(Cl)c1. The van der Waals surface area contributed by atoms with E-state index in [0.717, 1.165) is 31.6 Å². The van der Waals surface area contributed by atoms with Crippen molar-refractivity contribution in [2.45, 2.75) is 19.5 Å². The molecule has 0 unspecified atom stereocenters. The standard InChI is InChI=1S/C17H20Cl2N2/c18-16-8-7-15(11-17(16)19)13-21(10-4-9-20)12-14-5-2-1-3-6-14/h1-3,5-8,11H,4,9-10,12-13,20H2. The lowest BCUT2D eigenvalue weighted by Gasteiger charge is -2.22. The average Bonchev–Trinajstić information content (AvgIpc) is 2.49. The second-order valence-corrected chi connectivity index (χ2v) is 5.90. The van der Waals surface area contributed by atoms with E-state index in [1.54, 1.807) is 0 Å². The summed E-state index contributed by atoms with van der Waals surface area (Å²) in [7, 11) is 0. The summed E-state index contributed by atoms with van der Waals surface area (Å²) in [6, 6.07) is 16.3. The normalized spacial score (nSPS) is 11.0. The number of halogens is 2. The molecule has 4 heteroatoms. The molecule has 0 atom stereocenters. The van der Waals surface area contributed by atoms with Crippen LogP contribution in [-0.4, -0.2) is 18.0 Å². The third-order valence-corrected chi connectivity index (χ3v) is 4.06. The van der Waals surface area contributed by atoms with Gasteiger partial charge >= 0.3 is 0 Å². The fraction of sp³-hybridized carbons (Fsp3) is 0.294. The van der Waals surface area contributed by atoms with Crippen molar-refractivity contribution in [2.75, 3.05) is 13.1 Å². The largest absolute Gasteiger partial charge is 0.330 e. The zero-order chi connectivity index (χ0) is 15.1. The predicted molar refractivity (Wildman–Crippen MR) is 90.7 cm³/mol. The maximum atomic E-state index is 6.09. The minimum absolute atomic E-state index is 0.594. The Hall–Kier alpha value is -1.06. The van der Waals surface area contributed by atoms with Gasteiger partial charge in [0.25, 0.3) is 0 Å². The van der Waals surface area contributed by atoms with Crippen LogP contribution in [0, 0.1) is 0 Å². The zero-order valence-corrected chi connectivity index (χ0v) is 13.4. The Bertz CT molecular complexity index is 558. The van der Waals surface area contributed by atoms with Crippen LogP contribution in [0.3, 0.4) is 0 Å². The first-order valence-corrected chi connectivity index (χ1v) is 7.85. The molecule has 21 heavy (non-hydrogen) atoms. The number of hydrogen-bond donors (Lipinski definition) is 1. The van der Waals surface area contributed by atoms with Gasteiger partial charge in [0.1, 0.15) is 0 Å². The summed E-state index contributed by atoms with van der Waals surface area (Å²) >= 11 is 12.1. The van der Waals surface area contributed by atoms with Crippen molar-refractivity contribution in [1.82, 2.24) is 4.90 Å². The van der Waals surface area contributed by atoms with Crippen LogP contribution in [0.2, 0.25) is 10.0 Å². The molecule has 2 aromatic rings. The van der Waals surface area contributed by atoms with E-state index < -0.39 is 0 Å². The highest BCUT2D eigenvalue weighted by molar-refractivity contribution is 6.42. The first kappa shape index (κ1) is 16.3. The summed E-state index contributed by atoms with van der Waals surface area (Å²) in [4.78, 5) is 2.38. The van der Waals surface area contributed by atoms with Gasteiger partial charge in [0, 0.05) is 19.6 Å². The molecule has 0 aliphatic rings. The van der Waals surface area contributed by atoms with Gasteiger partial charge in [-0.15, -0.1) is 0 Å². The van der Waals surface area contributed by atoms with E-state index in [2.05, 4.69) is 29.2 Å². The molecule has 0 saturated heterocycles. The molecule has 0 amide bonds. The highest BCUT2D eigenvalue weighted by Gasteiger charge is 2.08. The number of nitrogens with zero attached hydrogens (tertiary/aromatic N) is 1. The molecule has 2 aromatic carbocycles. The second kappa shape index (κ2) is 8.40. The van der Waals surface area contributed by atoms with Gasteiger partial charge in [0.15, 0.2) is 0 Å². The Morgan fingerprint density at radius 1 is 0.857 bits per heavy atom. The third kappa shape index (κ3) is 5.33. The van der Waals surface area contributed by atoms with Gasteiger partial charge in [0.05, 0.1) is 10.0 Å². The number of rotatable bonds is 7. The van der Waals surface area contributed by atoms with Gasteiger partial charge in [-0.25, -0.2) is 0 Å². The Balaban J connectivity index is 2.06. The number of nitrogens with two attached hydrogens (primary N) is 1. The Labute approximate surface area is 136 Å². The molecule has 0 aliphatic carbocycles. The van der Waals surface area contributed by atoms with Crippen LogP contribution >= 0.6 is 23.2 Å². The molecule has 2 N–H and O–H groups in total. The van der Waals surface area contributed by atoms with Gasteiger partial charge in [-0.2, -0.15) is 0 Å². The lowest BCUT2D eigenvalue weighted by atomic mass is 10.1. The fourth-order valence-electron chi connectivity index (χ4n) is 2.27. The van der Waals surface area contributed by atoms with Crippen molar-refractivity contribution in [3.05, 3.63) is 69.7 Å². The summed E-state index contributed by atoms with van der Waals surface area (Å²) in [5.41, 5.74) is 8.11. The van der Waals surface area contributed by atoms with Crippen molar-refractivity contribution < 1.29 is 0 Å². The zero-order valence-electron chi connectivity index (χ0n) is 11.9. The first-order valence-electron chi connectivity index (χ1n) is 7.09. The molecule has 0 fully saturated rings. The molecule has 0 saturated carbocycles. The van der Waals surface area contributed by atoms with Gasteiger partial charge in [-0.05, 0) is 36.2 Å². The van der Waals surface area contributed by atoms with Crippen molar-refractivity contribution in [2.24, 2.45) is 5.73 Å². The van der Waals surface area contributed by atoms with Crippen molar-refractivity contribution in [1.29, 1.82) is 0 Å². The van der Waals surface area contributed by atoms with E-state index in [1.807, 2.05) is 24.3 Å². The van der Waals surface area contributed by atoms with Crippen LogP contribution < -0.4 is 5.73 Å². The summed E-state index contributed by atoms with van der Waals surface area (Å²) < 4.78 is 0. The van der Waals surface area contributed by atoms with Crippen LogP contribution in [0.15, 0.2) is 48.5 Å². The monoisotopic (exact) mass is 322 g/mol. The van der Waals surface area contributed by atoms with E-state index in [4.69, 9.17) is 28.9 Å². The Morgan fingerprint density at radius 3 is 2.24 bits per heavy atom. The Kier molecular flexibility index (Phi) is 6.52. The number of benzene rings is 2. The van der Waals surface area contributed by atoms with E-state index in [1.165, 1.54) is 5.56 Å². The summed E-state index contributed by atoms with van der Waals surface area (Å²) in [6.45, 7) is 3.41. The van der Waals surface area contributed by atoms with Crippen LogP contribution in [0.4, 0.5) is 0 Å². The highest BCUT2D eigenvalue weighted by Crippen LogP contribution is 2.23. The van der Waals surface area contributed by atoms with Crippen LogP contribution in [0.25, 0.3) is 0 Å². The molecule has 0 spiro atoms. The molecule has 0 bridgehead atoms. The number of hydrogen-bond acceptors (Lipinski definition) is 2. The summed E-state index contributed by atoms with van der Waals surface area (Å²) in [6.07, 6.45) is 0.980. The molecule has 2 rings (SSSR count). The van der Waals surface area contributed by atoms with E-state index >= 15 is 0 Å². The van der Waals surface area contributed by atoms with Crippen molar-refractivity contribution >= 4 is 23.2 Å². The molecule has 0 aromatic heterocycles. The second-order valence-electron chi connectivity index (χ2n) is 5.09. The topological polar surface area (TPSA) is 29.3 Å². The van der Waals surface area contributed by atoms with Crippen LogP contribution in [0.1, 0.15) is 17.5 Å². The van der Waals surface area contributed by atoms with E-state index in [0.29, 0.717) is 16.6 Å². The van der Waals surface area contributed by atoms with Crippen LogP contribution in [0.5, 0.6) is 0 Å². The van der Waals surface area contributed by atoms with Crippen molar-refractivity contribution in [3.63, 3.8) is 0 Å². The predicted octanol–water partition coefficient (Wildman–Crippen LogP) is 4.34. The van der Waals surface area contributed by atoms with Gasteiger partial charge in [-0.3, -0.25) is 4.90 Å². The molecule has 0 radical (unpaired) electrons. The highest BCUT2D eigenvalue weighted by atomic mass is 35.5. The van der Waals surface area contributed by atoms with Gasteiger partial charge in [0.2, 0.25) is 0 Å². The van der Waals surface area contributed by atoms with Crippen molar-refractivity contribution in [3.8, 4) is 0 Å². The summed E-state index contributed by atoms with van der Waals surface area (Å²) in [5.74, 6) is 0. The molecule has 2 nitrogen and oxygen atoms in total. The lowest BCUT2D eigenvalue weighted by molar-refractivity contribution is 0.255. The molecular formula is C17H20Cl2N2. The smallest absolute Gasteiger partial charge is 0.0595 e. The fourth-order valence-corrected chi connectivity index (χ4v) is 2.59. The minimum Gasteiger partial charge on any atom is -0.330 e. The van der Waals surface area contributed by atoms with Gasteiger partial charge in [-0.1, -0.05) is 59.6 Å². The van der Waals surface area contributed by atoms with E-state index in [-0.39, 0.29) is 0 Å². The lowest BCUT2D eigenvalue weighted by Crippen LogP contribution is -2.25. The summed E-state index contributed by atoms with van der Waals surface area (Å²) in [5, 5.41) is 1.20. The maximum Gasteiger partial charge on any atom is 0.0595 e. The molecule has 0 aliphatic heterocycles. The van der Waals surface area contributed by atoms with Crippen LogP contribution in [-0.2, 0) is 13.1 Å². The van der Waals surface area contributed by atoms with E-state index in [9.17, 15) is 0 Å². The first-order chi connectivity index (χ1) is 10.2. The minimum atomic E-state index is 0.594. The molecular weight excluding hydrogens is 303 g/mol. The maximum absolute atomic E-state index is 6.09. The molecule has 0 heterocycles. The van der Waals surface area contributed by atoms with Gasteiger partial charge < -0.3 is 5.73 Å². The quantitative estimate of drug-likeness (QED) is 0.821. The Morgan fingerprint density at radius 2 is 1.57 bits per heavy atom.